The molecule has 0 aromatic heterocycles. The summed E-state index contributed by atoms with van der Waals surface area (Å²) >= 11 is 0. The van der Waals surface area contributed by atoms with Crippen molar-refractivity contribution < 1.29 is 39.4 Å². The third-order valence-corrected chi connectivity index (χ3v) is 4.61. The second-order valence-electron chi connectivity index (χ2n) is 7.30. The van der Waals surface area contributed by atoms with E-state index in [0.29, 0.717) is 16.9 Å². The lowest BCUT2D eigenvalue weighted by Crippen LogP contribution is -2.60. The Morgan fingerprint density at radius 3 is 2.52 bits per heavy atom. The van der Waals surface area contributed by atoms with Gasteiger partial charge in [-0.2, -0.15) is 0 Å². The molecule has 0 spiro atoms. The van der Waals surface area contributed by atoms with E-state index in [1.54, 1.807) is 6.07 Å². The quantitative estimate of drug-likeness (QED) is 0.548. The van der Waals surface area contributed by atoms with Crippen LogP contribution in [0.5, 0.6) is 11.5 Å². The van der Waals surface area contributed by atoms with Gasteiger partial charge in [-0.15, -0.1) is 0 Å². The molecule has 27 heavy (non-hydrogen) atoms. The molecule has 0 amide bonds. The Bertz CT molecular complexity index is 754. The minimum Gasteiger partial charge on any atom is -0.479 e. The van der Waals surface area contributed by atoms with Gasteiger partial charge in [0.15, 0.2) is 17.3 Å². The van der Waals surface area contributed by atoms with E-state index in [9.17, 15) is 25.2 Å². The van der Waals surface area contributed by atoms with Crippen molar-refractivity contribution in [1.82, 2.24) is 0 Å². The Morgan fingerprint density at radius 2 is 1.89 bits per heavy atom. The monoisotopic (exact) mass is 380 g/mol. The molecular formula is C19H24O8. The van der Waals surface area contributed by atoms with Crippen LogP contribution in [0.4, 0.5) is 0 Å². The van der Waals surface area contributed by atoms with Crippen molar-refractivity contribution in [3.63, 3.8) is 0 Å². The van der Waals surface area contributed by atoms with Crippen molar-refractivity contribution in [2.45, 2.75) is 57.1 Å². The summed E-state index contributed by atoms with van der Waals surface area (Å²) in [5.74, 6) is 0.332. The van der Waals surface area contributed by atoms with E-state index in [0.717, 1.165) is 0 Å². The van der Waals surface area contributed by atoms with E-state index < -0.39 is 42.9 Å². The minimum absolute atomic E-state index is 0.152. The molecule has 4 N–H and O–H groups in total. The lowest BCUT2D eigenvalue weighted by molar-refractivity contribution is -0.277. The molecule has 0 bridgehead atoms. The number of ketones is 1. The molecule has 0 aliphatic carbocycles. The number of hydrogen-bond donors (Lipinski definition) is 4. The predicted molar refractivity (Wildman–Crippen MR) is 94.6 cm³/mol. The van der Waals surface area contributed by atoms with E-state index in [1.165, 1.54) is 13.0 Å². The van der Waals surface area contributed by atoms with Crippen molar-refractivity contribution in [3.8, 4) is 11.5 Å². The van der Waals surface area contributed by atoms with Crippen LogP contribution < -0.4 is 9.47 Å². The maximum absolute atomic E-state index is 11.9. The average molecular weight is 380 g/mol. The van der Waals surface area contributed by atoms with E-state index >= 15 is 0 Å². The van der Waals surface area contributed by atoms with Crippen molar-refractivity contribution in [3.05, 3.63) is 29.3 Å². The normalized spacial score (nSPS) is 31.7. The molecule has 2 aliphatic heterocycles. The molecule has 8 heteroatoms. The van der Waals surface area contributed by atoms with Gasteiger partial charge in [-0.1, -0.05) is 6.08 Å². The standard InChI is InChI=1S/C19H24O8/c1-9(21)11-6-10-4-5-19(2,3)27-17(10)12(7-11)25-18-16(24)15(23)14(22)13(8-20)26-18/h4-7,13-16,18,20,22-24H,8H2,1-3H3/t13-,14-,15+,16-,18-/m1/s1. The number of ether oxygens (including phenoxy) is 3. The Labute approximate surface area is 156 Å². The molecule has 2 aliphatic rings. The van der Waals surface area contributed by atoms with Gasteiger partial charge in [-0.3, -0.25) is 4.79 Å². The molecule has 2 heterocycles. The van der Waals surface area contributed by atoms with Gasteiger partial charge in [0.1, 0.15) is 30.0 Å². The molecular weight excluding hydrogens is 356 g/mol. The SMILES string of the molecule is CC(=O)c1cc2c(c(O[C@@H]3O[C@H](CO)[C@@H](O)[C@H](O)[C@H]3O)c1)OC(C)(C)C=C2. The summed E-state index contributed by atoms with van der Waals surface area (Å²) in [7, 11) is 0. The lowest BCUT2D eigenvalue weighted by atomic mass is 9.98. The van der Waals surface area contributed by atoms with Gasteiger partial charge in [-0.25, -0.2) is 0 Å². The Morgan fingerprint density at radius 1 is 1.19 bits per heavy atom. The second-order valence-corrected chi connectivity index (χ2v) is 7.30. The summed E-state index contributed by atoms with van der Waals surface area (Å²) in [6.07, 6.45) is -3.43. The van der Waals surface area contributed by atoms with Crippen molar-refractivity contribution in [1.29, 1.82) is 0 Å². The van der Waals surface area contributed by atoms with Crippen LogP contribution in [0.1, 0.15) is 36.7 Å². The van der Waals surface area contributed by atoms with Gasteiger partial charge in [0, 0.05) is 11.1 Å². The molecule has 148 valence electrons. The maximum atomic E-state index is 11.9. The summed E-state index contributed by atoms with van der Waals surface area (Å²) in [5.41, 5.74) is 0.390. The fourth-order valence-corrected chi connectivity index (χ4v) is 3.03. The first kappa shape index (κ1) is 19.8. The molecule has 0 saturated carbocycles. The zero-order chi connectivity index (χ0) is 19.9. The molecule has 0 unspecified atom stereocenters. The molecule has 3 rings (SSSR count). The summed E-state index contributed by atoms with van der Waals surface area (Å²) in [6.45, 7) is 4.55. The fraction of sp³-hybridized carbons (Fsp3) is 0.526. The summed E-state index contributed by atoms with van der Waals surface area (Å²) in [5, 5.41) is 39.4. The zero-order valence-corrected chi connectivity index (χ0v) is 15.3. The number of carbonyl (C=O) groups is 1. The van der Waals surface area contributed by atoms with Crippen LogP contribution in [0.25, 0.3) is 6.08 Å². The number of fused-ring (bicyclic) bond motifs is 1. The topological polar surface area (TPSA) is 126 Å². The number of aliphatic hydroxyl groups is 4. The van der Waals surface area contributed by atoms with Crippen LogP contribution in [-0.4, -0.2) is 69.1 Å². The van der Waals surface area contributed by atoms with E-state index in [-0.39, 0.29) is 11.5 Å². The highest BCUT2D eigenvalue weighted by Gasteiger charge is 2.45. The molecule has 5 atom stereocenters. The largest absolute Gasteiger partial charge is 0.479 e. The lowest BCUT2D eigenvalue weighted by Gasteiger charge is -2.40. The van der Waals surface area contributed by atoms with Gasteiger partial charge in [0.05, 0.1) is 6.61 Å². The number of hydrogen-bond acceptors (Lipinski definition) is 8. The summed E-state index contributed by atoms with van der Waals surface area (Å²) in [6, 6.07) is 3.14. The summed E-state index contributed by atoms with van der Waals surface area (Å²) in [4.78, 5) is 11.9. The van der Waals surface area contributed by atoms with Gasteiger partial charge in [0.25, 0.3) is 0 Å². The van der Waals surface area contributed by atoms with E-state index in [4.69, 9.17) is 14.2 Å². The number of rotatable bonds is 4. The van der Waals surface area contributed by atoms with Crippen molar-refractivity contribution in [2.24, 2.45) is 0 Å². The van der Waals surface area contributed by atoms with Crippen LogP contribution >= 0.6 is 0 Å². The van der Waals surface area contributed by atoms with Gasteiger partial charge in [-0.05, 0) is 39.0 Å². The van der Waals surface area contributed by atoms with Crippen LogP contribution in [-0.2, 0) is 4.74 Å². The second kappa shape index (κ2) is 7.21. The van der Waals surface area contributed by atoms with Gasteiger partial charge < -0.3 is 34.6 Å². The van der Waals surface area contributed by atoms with Crippen LogP contribution in [0, 0.1) is 0 Å². The smallest absolute Gasteiger partial charge is 0.229 e. The average Bonchev–Trinajstić information content (AvgIpc) is 2.61. The number of aliphatic hydroxyl groups excluding tert-OH is 4. The third-order valence-electron chi connectivity index (χ3n) is 4.61. The van der Waals surface area contributed by atoms with Gasteiger partial charge in [0.2, 0.25) is 6.29 Å². The molecule has 1 fully saturated rings. The first-order chi connectivity index (χ1) is 12.6. The Balaban J connectivity index is 1.97. The van der Waals surface area contributed by atoms with E-state index in [1.807, 2.05) is 26.0 Å². The molecule has 0 radical (unpaired) electrons. The number of Topliss-reactive ketones (excluding diaryl/α,β-unsaturated/α-hetero) is 1. The first-order valence-corrected chi connectivity index (χ1v) is 8.67. The van der Waals surface area contributed by atoms with E-state index in [2.05, 4.69) is 0 Å². The van der Waals surface area contributed by atoms with Crippen LogP contribution in [0.15, 0.2) is 18.2 Å². The van der Waals surface area contributed by atoms with Crippen molar-refractivity contribution in [2.75, 3.05) is 6.61 Å². The highest BCUT2D eigenvalue weighted by molar-refractivity contribution is 5.95. The summed E-state index contributed by atoms with van der Waals surface area (Å²) < 4.78 is 17.1. The Hall–Kier alpha value is -1.97. The first-order valence-electron chi connectivity index (χ1n) is 8.67. The number of carbonyl (C=O) groups excluding carboxylic acids is 1. The number of benzene rings is 1. The molecule has 1 saturated heterocycles. The fourth-order valence-electron chi connectivity index (χ4n) is 3.03. The third kappa shape index (κ3) is 3.85. The van der Waals surface area contributed by atoms with Crippen molar-refractivity contribution >= 4 is 11.9 Å². The van der Waals surface area contributed by atoms with Crippen LogP contribution in [0.2, 0.25) is 0 Å². The predicted octanol–water partition coefficient (Wildman–Crippen LogP) is 0.252. The highest BCUT2D eigenvalue weighted by atomic mass is 16.7. The van der Waals surface area contributed by atoms with Gasteiger partial charge >= 0.3 is 0 Å². The highest BCUT2D eigenvalue weighted by Crippen LogP contribution is 2.41. The maximum Gasteiger partial charge on any atom is 0.229 e. The Kier molecular flexibility index (Phi) is 5.29. The molecule has 1 aromatic carbocycles. The minimum atomic E-state index is -1.56. The molecule has 1 aromatic rings. The molecule has 8 nitrogen and oxygen atoms in total. The zero-order valence-electron chi connectivity index (χ0n) is 15.3. The van der Waals surface area contributed by atoms with Crippen LogP contribution in [0.3, 0.4) is 0 Å².